The number of aromatic nitrogens is 3. The first-order valence-corrected chi connectivity index (χ1v) is 11.4. The van der Waals surface area contributed by atoms with Crippen LogP contribution in [-0.2, 0) is 22.5 Å². The number of nitrogens with zero attached hydrogens (tertiary/aromatic N) is 5. The SMILES string of the molecule is COc1ncc(N2CCc3ncnc(O[C@H]4CCN(C(=O)C5CCOCC5)C4)c3C2)cc1F. The van der Waals surface area contributed by atoms with Gasteiger partial charge in [-0.3, -0.25) is 4.79 Å². The quantitative estimate of drug-likeness (QED) is 0.674. The van der Waals surface area contributed by atoms with Gasteiger partial charge in [-0.2, -0.15) is 0 Å². The van der Waals surface area contributed by atoms with E-state index in [2.05, 4.69) is 15.0 Å². The van der Waals surface area contributed by atoms with Crippen molar-refractivity contribution in [2.75, 3.05) is 44.9 Å². The van der Waals surface area contributed by atoms with Crippen LogP contribution in [0.1, 0.15) is 30.5 Å². The van der Waals surface area contributed by atoms with Gasteiger partial charge in [0, 0.05) is 51.1 Å². The maximum Gasteiger partial charge on any atom is 0.250 e. The van der Waals surface area contributed by atoms with Crippen molar-refractivity contribution in [3.05, 3.63) is 35.7 Å². The number of halogens is 1. The minimum atomic E-state index is -0.498. The Kier molecular flexibility index (Phi) is 6.26. The van der Waals surface area contributed by atoms with E-state index in [9.17, 15) is 9.18 Å². The third-order valence-corrected chi connectivity index (χ3v) is 6.62. The minimum absolute atomic E-state index is 0.0235. The minimum Gasteiger partial charge on any atom is -0.479 e. The summed E-state index contributed by atoms with van der Waals surface area (Å²) in [7, 11) is 1.39. The molecule has 2 fully saturated rings. The number of rotatable bonds is 5. The molecular formula is C23H28FN5O4. The number of carbonyl (C=O) groups excluding carboxylic acids is 1. The van der Waals surface area contributed by atoms with E-state index in [0.29, 0.717) is 57.4 Å². The molecule has 176 valence electrons. The molecule has 2 saturated heterocycles. The van der Waals surface area contributed by atoms with Gasteiger partial charge in [-0.05, 0) is 12.8 Å². The summed E-state index contributed by atoms with van der Waals surface area (Å²) in [6, 6.07) is 1.43. The molecule has 2 aromatic heterocycles. The molecule has 0 aliphatic carbocycles. The van der Waals surface area contributed by atoms with Gasteiger partial charge in [0.2, 0.25) is 17.7 Å². The van der Waals surface area contributed by atoms with Gasteiger partial charge in [0.15, 0.2) is 5.82 Å². The van der Waals surface area contributed by atoms with Crippen molar-refractivity contribution >= 4 is 11.6 Å². The van der Waals surface area contributed by atoms with Crippen molar-refractivity contribution < 1.29 is 23.4 Å². The van der Waals surface area contributed by atoms with Gasteiger partial charge in [0.1, 0.15) is 12.4 Å². The molecule has 0 saturated carbocycles. The number of amides is 1. The van der Waals surface area contributed by atoms with Crippen molar-refractivity contribution in [3.8, 4) is 11.8 Å². The molecule has 0 N–H and O–H groups in total. The molecule has 5 heterocycles. The summed E-state index contributed by atoms with van der Waals surface area (Å²) in [4.78, 5) is 29.7. The molecule has 5 rings (SSSR count). The fourth-order valence-electron chi connectivity index (χ4n) is 4.76. The summed E-state index contributed by atoms with van der Waals surface area (Å²) >= 11 is 0. The zero-order valence-corrected chi connectivity index (χ0v) is 18.7. The van der Waals surface area contributed by atoms with Gasteiger partial charge < -0.3 is 24.0 Å². The second-order valence-electron chi connectivity index (χ2n) is 8.66. The van der Waals surface area contributed by atoms with E-state index in [4.69, 9.17) is 14.2 Å². The van der Waals surface area contributed by atoms with Crippen LogP contribution in [0.25, 0.3) is 0 Å². The van der Waals surface area contributed by atoms with Crippen molar-refractivity contribution in [1.29, 1.82) is 0 Å². The van der Waals surface area contributed by atoms with E-state index in [-0.39, 0.29) is 23.8 Å². The molecule has 0 unspecified atom stereocenters. The number of likely N-dealkylation sites (tertiary alicyclic amines) is 1. The number of hydrogen-bond donors (Lipinski definition) is 0. The lowest BCUT2D eigenvalue weighted by atomic mass is 9.99. The lowest BCUT2D eigenvalue weighted by Crippen LogP contribution is -2.38. The molecule has 1 atom stereocenters. The largest absolute Gasteiger partial charge is 0.479 e. The van der Waals surface area contributed by atoms with Crippen molar-refractivity contribution in [2.24, 2.45) is 5.92 Å². The van der Waals surface area contributed by atoms with Gasteiger partial charge in [-0.15, -0.1) is 0 Å². The number of methoxy groups -OCH3 is 1. The zero-order chi connectivity index (χ0) is 22.8. The molecule has 0 spiro atoms. The summed E-state index contributed by atoms with van der Waals surface area (Å²) in [5, 5.41) is 0. The number of pyridine rings is 1. The highest BCUT2D eigenvalue weighted by Crippen LogP contribution is 2.31. The highest BCUT2D eigenvalue weighted by molar-refractivity contribution is 5.79. The van der Waals surface area contributed by atoms with Crippen LogP contribution in [0.15, 0.2) is 18.6 Å². The number of carbonyl (C=O) groups is 1. The second-order valence-corrected chi connectivity index (χ2v) is 8.66. The average molecular weight is 458 g/mol. The van der Waals surface area contributed by atoms with Crippen LogP contribution in [0, 0.1) is 11.7 Å². The van der Waals surface area contributed by atoms with Gasteiger partial charge in [0.05, 0.1) is 43.3 Å². The topological polar surface area (TPSA) is 89.9 Å². The third-order valence-electron chi connectivity index (χ3n) is 6.62. The fraction of sp³-hybridized carbons (Fsp3) is 0.565. The smallest absolute Gasteiger partial charge is 0.250 e. The van der Waals surface area contributed by atoms with Crippen LogP contribution < -0.4 is 14.4 Å². The Morgan fingerprint density at radius 1 is 1.15 bits per heavy atom. The molecule has 33 heavy (non-hydrogen) atoms. The summed E-state index contributed by atoms with van der Waals surface area (Å²) < 4.78 is 30.8. The molecule has 9 nitrogen and oxygen atoms in total. The lowest BCUT2D eigenvalue weighted by molar-refractivity contribution is -0.137. The van der Waals surface area contributed by atoms with Gasteiger partial charge in [-0.1, -0.05) is 0 Å². The number of fused-ring (bicyclic) bond motifs is 1. The Hall–Kier alpha value is -3.01. The monoisotopic (exact) mass is 457 g/mol. The Bertz CT molecular complexity index is 1020. The Labute approximate surface area is 191 Å². The molecule has 0 bridgehead atoms. The van der Waals surface area contributed by atoms with Gasteiger partial charge >= 0.3 is 0 Å². The molecule has 1 amide bonds. The molecule has 2 aromatic rings. The molecule has 0 aromatic carbocycles. The lowest BCUT2D eigenvalue weighted by Gasteiger charge is -2.31. The van der Waals surface area contributed by atoms with E-state index in [1.807, 2.05) is 9.80 Å². The van der Waals surface area contributed by atoms with Crippen LogP contribution in [0.4, 0.5) is 10.1 Å². The summed E-state index contributed by atoms with van der Waals surface area (Å²) in [5.74, 6) is 0.272. The molecule has 3 aliphatic heterocycles. The van der Waals surface area contributed by atoms with Crippen LogP contribution in [0.5, 0.6) is 11.8 Å². The van der Waals surface area contributed by atoms with Crippen molar-refractivity contribution in [2.45, 2.75) is 38.3 Å². The maximum absolute atomic E-state index is 14.2. The Balaban J connectivity index is 1.27. The zero-order valence-electron chi connectivity index (χ0n) is 18.7. The number of ether oxygens (including phenoxy) is 3. The summed E-state index contributed by atoms with van der Waals surface area (Å²) in [6.07, 6.45) is 6.06. The van der Waals surface area contributed by atoms with Gasteiger partial charge in [0.25, 0.3) is 0 Å². The first-order valence-electron chi connectivity index (χ1n) is 11.4. The van der Waals surface area contributed by atoms with E-state index in [1.54, 1.807) is 6.20 Å². The van der Waals surface area contributed by atoms with Crippen LogP contribution in [0.3, 0.4) is 0 Å². The third kappa shape index (κ3) is 4.57. The van der Waals surface area contributed by atoms with Crippen molar-refractivity contribution in [1.82, 2.24) is 19.9 Å². The molecular weight excluding hydrogens is 429 g/mol. The van der Waals surface area contributed by atoms with Crippen LogP contribution >= 0.6 is 0 Å². The Morgan fingerprint density at radius 2 is 2.00 bits per heavy atom. The standard InChI is InChI=1S/C23H28FN5O4/c1-31-22-19(24)10-16(11-25-22)28-7-3-20-18(13-28)21(27-14-26-20)33-17-2-6-29(12-17)23(30)15-4-8-32-9-5-15/h10-11,14-15,17H,2-9,12-13H2,1H3/t17-/m0/s1. The van der Waals surface area contributed by atoms with Crippen molar-refractivity contribution in [3.63, 3.8) is 0 Å². The summed E-state index contributed by atoms with van der Waals surface area (Å²) in [6.45, 7) is 3.75. The van der Waals surface area contributed by atoms with Gasteiger partial charge in [-0.25, -0.2) is 19.3 Å². The van der Waals surface area contributed by atoms with E-state index >= 15 is 0 Å². The highest BCUT2D eigenvalue weighted by Gasteiger charge is 2.34. The van der Waals surface area contributed by atoms with E-state index < -0.39 is 5.82 Å². The van der Waals surface area contributed by atoms with E-state index in [1.165, 1.54) is 19.5 Å². The predicted molar refractivity (Wildman–Crippen MR) is 117 cm³/mol. The number of anilines is 1. The first-order chi connectivity index (χ1) is 16.1. The van der Waals surface area contributed by atoms with Crippen LogP contribution in [0.2, 0.25) is 0 Å². The highest BCUT2D eigenvalue weighted by atomic mass is 19.1. The maximum atomic E-state index is 14.2. The average Bonchev–Trinajstić information content (AvgIpc) is 3.32. The molecule has 3 aliphatic rings. The number of hydrogen-bond acceptors (Lipinski definition) is 8. The molecule has 10 heteroatoms. The second kappa shape index (κ2) is 9.46. The van der Waals surface area contributed by atoms with E-state index in [0.717, 1.165) is 30.5 Å². The fourth-order valence-corrected chi connectivity index (χ4v) is 4.76. The molecule has 0 radical (unpaired) electrons. The van der Waals surface area contributed by atoms with Crippen LogP contribution in [-0.4, -0.2) is 71.8 Å². The normalized spacial score (nSPS) is 21.1. The first kappa shape index (κ1) is 21.8. The Morgan fingerprint density at radius 3 is 2.79 bits per heavy atom. The summed E-state index contributed by atoms with van der Waals surface area (Å²) in [5.41, 5.74) is 2.50. The predicted octanol–water partition coefficient (Wildman–Crippen LogP) is 1.99.